The van der Waals surface area contributed by atoms with E-state index in [0.29, 0.717) is 0 Å². The highest BCUT2D eigenvalue weighted by molar-refractivity contribution is 9.10. The van der Waals surface area contributed by atoms with E-state index in [1.165, 1.54) is 5.56 Å². The van der Waals surface area contributed by atoms with Gasteiger partial charge in [-0.05, 0) is 38.5 Å². The molecular formula is C16H22BrN3S. The van der Waals surface area contributed by atoms with E-state index in [4.69, 9.17) is 4.98 Å². The van der Waals surface area contributed by atoms with Crippen LogP contribution in [0.1, 0.15) is 32.0 Å². The van der Waals surface area contributed by atoms with Crippen molar-refractivity contribution >= 4 is 32.4 Å². The van der Waals surface area contributed by atoms with Crippen molar-refractivity contribution in [1.29, 1.82) is 0 Å². The molecule has 0 saturated carbocycles. The molecule has 5 heteroatoms. The Hall–Kier alpha value is -0.910. The van der Waals surface area contributed by atoms with E-state index in [0.717, 1.165) is 28.4 Å². The molecule has 21 heavy (non-hydrogen) atoms. The second kappa shape index (κ2) is 6.90. The van der Waals surface area contributed by atoms with Crippen molar-refractivity contribution < 1.29 is 0 Å². The van der Waals surface area contributed by atoms with Gasteiger partial charge in [0, 0.05) is 35.5 Å². The first-order valence-electron chi connectivity index (χ1n) is 6.98. The van der Waals surface area contributed by atoms with Gasteiger partial charge >= 0.3 is 0 Å². The molecule has 0 atom stereocenters. The molecule has 0 saturated heterocycles. The predicted molar refractivity (Wildman–Crippen MR) is 95.0 cm³/mol. The van der Waals surface area contributed by atoms with Gasteiger partial charge in [0.1, 0.15) is 0 Å². The van der Waals surface area contributed by atoms with Crippen LogP contribution < -0.4 is 10.2 Å². The van der Waals surface area contributed by atoms with Crippen LogP contribution in [0.4, 0.5) is 5.13 Å². The molecule has 3 nitrogen and oxygen atoms in total. The molecule has 1 heterocycles. The fourth-order valence-corrected chi connectivity index (χ4v) is 3.12. The van der Waals surface area contributed by atoms with Crippen LogP contribution in [0.2, 0.25) is 0 Å². The lowest BCUT2D eigenvalue weighted by atomic mass is 10.1. The number of halogens is 1. The number of hydrogen-bond acceptors (Lipinski definition) is 4. The summed E-state index contributed by atoms with van der Waals surface area (Å²) in [5.41, 5.74) is 2.49. The number of thiazole rings is 1. The van der Waals surface area contributed by atoms with E-state index in [2.05, 4.69) is 77.5 Å². The highest BCUT2D eigenvalue weighted by Crippen LogP contribution is 2.22. The zero-order valence-electron chi connectivity index (χ0n) is 13.0. The van der Waals surface area contributed by atoms with Crippen LogP contribution in [0.25, 0.3) is 0 Å². The largest absolute Gasteiger partial charge is 0.347 e. The predicted octanol–water partition coefficient (Wildman–Crippen LogP) is 4.43. The molecular weight excluding hydrogens is 346 g/mol. The number of benzene rings is 1. The first kappa shape index (κ1) is 16.5. The van der Waals surface area contributed by atoms with Crippen molar-refractivity contribution in [1.82, 2.24) is 10.3 Å². The quantitative estimate of drug-likeness (QED) is 0.846. The maximum Gasteiger partial charge on any atom is 0.185 e. The number of nitrogens with zero attached hydrogens (tertiary/aromatic N) is 2. The van der Waals surface area contributed by atoms with Gasteiger partial charge in [0.15, 0.2) is 5.13 Å². The summed E-state index contributed by atoms with van der Waals surface area (Å²) >= 11 is 5.21. The molecule has 0 aliphatic heterocycles. The van der Waals surface area contributed by atoms with E-state index < -0.39 is 0 Å². The molecule has 114 valence electrons. The molecule has 1 aromatic carbocycles. The maximum absolute atomic E-state index is 4.70. The van der Waals surface area contributed by atoms with Gasteiger partial charge in [-0.3, -0.25) is 0 Å². The Balaban J connectivity index is 1.97. The number of anilines is 1. The summed E-state index contributed by atoms with van der Waals surface area (Å²) in [7, 11) is 2.08. The molecule has 0 aliphatic rings. The smallest absolute Gasteiger partial charge is 0.185 e. The second-order valence-electron chi connectivity index (χ2n) is 6.21. The summed E-state index contributed by atoms with van der Waals surface area (Å²) in [4.78, 5) is 6.89. The zero-order valence-corrected chi connectivity index (χ0v) is 15.4. The van der Waals surface area contributed by atoms with Crippen LogP contribution in [-0.2, 0) is 13.1 Å². The van der Waals surface area contributed by atoms with Gasteiger partial charge < -0.3 is 10.2 Å². The minimum absolute atomic E-state index is 0.117. The molecule has 2 rings (SSSR count). The van der Waals surface area contributed by atoms with E-state index in [-0.39, 0.29) is 5.54 Å². The lowest BCUT2D eigenvalue weighted by molar-refractivity contribution is 0.422. The summed E-state index contributed by atoms with van der Waals surface area (Å²) in [6.45, 7) is 8.17. The Morgan fingerprint density at radius 3 is 2.76 bits per heavy atom. The first-order chi connectivity index (χ1) is 9.83. The lowest BCUT2D eigenvalue weighted by Crippen LogP contribution is -2.35. The second-order valence-corrected chi connectivity index (χ2v) is 7.96. The van der Waals surface area contributed by atoms with E-state index in [9.17, 15) is 0 Å². The van der Waals surface area contributed by atoms with Crippen molar-refractivity contribution in [3.63, 3.8) is 0 Å². The topological polar surface area (TPSA) is 28.2 Å². The zero-order chi connectivity index (χ0) is 15.5. The van der Waals surface area contributed by atoms with Crippen LogP contribution >= 0.6 is 27.3 Å². The molecule has 0 fully saturated rings. The van der Waals surface area contributed by atoms with Gasteiger partial charge in [-0.1, -0.05) is 28.1 Å². The number of rotatable bonds is 5. The van der Waals surface area contributed by atoms with Crippen LogP contribution in [-0.4, -0.2) is 17.6 Å². The van der Waals surface area contributed by atoms with Crippen LogP contribution in [0.15, 0.2) is 34.1 Å². The average Bonchev–Trinajstić information content (AvgIpc) is 2.84. The van der Waals surface area contributed by atoms with Crippen LogP contribution in [0.5, 0.6) is 0 Å². The summed E-state index contributed by atoms with van der Waals surface area (Å²) in [6, 6.07) is 8.39. The van der Waals surface area contributed by atoms with Gasteiger partial charge in [0.2, 0.25) is 0 Å². The molecule has 0 amide bonds. The summed E-state index contributed by atoms with van der Waals surface area (Å²) < 4.78 is 1.11. The Kier molecular flexibility index (Phi) is 5.41. The normalized spacial score (nSPS) is 11.7. The molecule has 1 N–H and O–H groups in total. The van der Waals surface area contributed by atoms with Crippen molar-refractivity contribution in [2.45, 2.75) is 39.4 Å². The summed E-state index contributed by atoms with van der Waals surface area (Å²) in [6.07, 6.45) is 0. The van der Waals surface area contributed by atoms with E-state index in [1.807, 2.05) is 6.07 Å². The fraction of sp³-hybridized carbons (Fsp3) is 0.438. The van der Waals surface area contributed by atoms with Crippen molar-refractivity contribution in [3.8, 4) is 0 Å². The van der Waals surface area contributed by atoms with Crippen molar-refractivity contribution in [2.75, 3.05) is 11.9 Å². The number of hydrogen-bond donors (Lipinski definition) is 1. The Morgan fingerprint density at radius 1 is 1.33 bits per heavy atom. The third-order valence-corrected chi connectivity index (χ3v) is 4.47. The Labute approximate surface area is 139 Å². The lowest BCUT2D eigenvalue weighted by Gasteiger charge is -2.19. The Bertz CT molecular complexity index is 589. The number of aromatic nitrogens is 1. The Morgan fingerprint density at radius 2 is 2.10 bits per heavy atom. The first-order valence-corrected chi connectivity index (χ1v) is 8.66. The van der Waals surface area contributed by atoms with Gasteiger partial charge in [-0.15, -0.1) is 11.3 Å². The minimum atomic E-state index is 0.117. The number of nitrogens with one attached hydrogen (secondary N) is 1. The molecule has 0 aliphatic carbocycles. The molecule has 0 radical (unpaired) electrons. The third-order valence-electron chi connectivity index (χ3n) is 2.97. The van der Waals surface area contributed by atoms with Gasteiger partial charge in [0.05, 0.1) is 5.69 Å². The van der Waals surface area contributed by atoms with Gasteiger partial charge in [-0.2, -0.15) is 0 Å². The van der Waals surface area contributed by atoms with Crippen molar-refractivity contribution in [2.24, 2.45) is 0 Å². The van der Waals surface area contributed by atoms with Crippen molar-refractivity contribution in [3.05, 3.63) is 45.4 Å². The van der Waals surface area contributed by atoms with E-state index >= 15 is 0 Å². The highest BCUT2D eigenvalue weighted by atomic mass is 79.9. The van der Waals surface area contributed by atoms with Gasteiger partial charge in [-0.25, -0.2) is 4.98 Å². The highest BCUT2D eigenvalue weighted by Gasteiger charge is 2.12. The van der Waals surface area contributed by atoms with Gasteiger partial charge in [0.25, 0.3) is 0 Å². The molecule has 0 bridgehead atoms. The van der Waals surface area contributed by atoms with Crippen LogP contribution in [0.3, 0.4) is 0 Å². The van der Waals surface area contributed by atoms with Crippen LogP contribution in [0, 0.1) is 0 Å². The third kappa shape index (κ3) is 5.41. The molecule has 0 unspecified atom stereocenters. The molecule has 2 aromatic rings. The SMILES string of the molecule is CN(Cc1cccc(Br)c1)c1nc(CNC(C)(C)C)cs1. The average molecular weight is 368 g/mol. The molecule has 1 aromatic heterocycles. The molecule has 0 spiro atoms. The standard InChI is InChI=1S/C16H22BrN3S/c1-16(2,3)18-9-14-11-21-15(19-14)20(4)10-12-6-5-7-13(17)8-12/h5-8,11,18H,9-10H2,1-4H3. The fourth-order valence-electron chi connectivity index (χ4n) is 1.89. The summed E-state index contributed by atoms with van der Waals surface area (Å²) in [5.74, 6) is 0. The maximum atomic E-state index is 4.70. The summed E-state index contributed by atoms with van der Waals surface area (Å²) in [5, 5.41) is 6.65. The minimum Gasteiger partial charge on any atom is -0.347 e. The van der Waals surface area contributed by atoms with E-state index in [1.54, 1.807) is 11.3 Å². The monoisotopic (exact) mass is 367 g/mol.